The highest BCUT2D eigenvalue weighted by atomic mass is 35.5. The lowest BCUT2D eigenvalue weighted by molar-refractivity contribution is 0.213. The fraction of sp³-hybridized carbons (Fsp3) is 0.231. The van der Waals surface area contributed by atoms with Gasteiger partial charge in [-0.2, -0.15) is 0 Å². The zero-order chi connectivity index (χ0) is 11.7. The molecule has 0 saturated heterocycles. The highest BCUT2D eigenvalue weighted by Gasteiger charge is 2.21. The molecule has 0 aliphatic heterocycles. The minimum atomic E-state index is -0.747. The number of rotatable bonds is 1. The van der Waals surface area contributed by atoms with Gasteiger partial charge in [0.25, 0.3) is 0 Å². The Bertz CT molecular complexity index is 465. The topological polar surface area (TPSA) is 46.2 Å². The molecule has 0 radical (unpaired) electrons. The standard InChI is InChI=1S/C13H14ClNO/c1-2-8-3-4-9-7-10(14)5-6-11(9)13(16)12(8)15/h2,5-7,13,16H,1,3-4,15H2. The van der Waals surface area contributed by atoms with Gasteiger partial charge in [-0.25, -0.2) is 0 Å². The van der Waals surface area contributed by atoms with Gasteiger partial charge in [0.1, 0.15) is 6.10 Å². The summed E-state index contributed by atoms with van der Waals surface area (Å²) in [6.07, 6.45) is 2.59. The third-order valence-electron chi connectivity index (χ3n) is 2.98. The number of hydrogen-bond acceptors (Lipinski definition) is 2. The molecule has 0 heterocycles. The molecule has 0 saturated carbocycles. The fourth-order valence-corrected chi connectivity index (χ4v) is 2.23. The molecule has 1 aromatic rings. The zero-order valence-corrected chi connectivity index (χ0v) is 9.67. The summed E-state index contributed by atoms with van der Waals surface area (Å²) in [7, 11) is 0. The summed E-state index contributed by atoms with van der Waals surface area (Å²) in [6.45, 7) is 3.72. The van der Waals surface area contributed by atoms with Gasteiger partial charge in [-0.1, -0.05) is 30.3 Å². The molecule has 0 bridgehead atoms. The van der Waals surface area contributed by atoms with Crippen LogP contribution in [-0.2, 0) is 6.42 Å². The van der Waals surface area contributed by atoms with Crippen LogP contribution in [0.15, 0.2) is 42.1 Å². The molecule has 16 heavy (non-hydrogen) atoms. The molecule has 2 rings (SSSR count). The maximum atomic E-state index is 10.1. The lowest BCUT2D eigenvalue weighted by Gasteiger charge is -2.14. The molecule has 2 nitrogen and oxygen atoms in total. The van der Waals surface area contributed by atoms with E-state index in [1.165, 1.54) is 0 Å². The van der Waals surface area contributed by atoms with Crippen molar-refractivity contribution in [1.29, 1.82) is 0 Å². The van der Waals surface area contributed by atoms with Crippen LogP contribution in [0.4, 0.5) is 0 Å². The number of allylic oxidation sites excluding steroid dienone is 2. The molecule has 84 valence electrons. The minimum absolute atomic E-state index is 0.496. The predicted octanol–water partition coefficient (Wildman–Crippen LogP) is 2.72. The Morgan fingerprint density at radius 3 is 2.88 bits per heavy atom. The van der Waals surface area contributed by atoms with E-state index in [9.17, 15) is 5.11 Å². The smallest absolute Gasteiger partial charge is 0.119 e. The van der Waals surface area contributed by atoms with Gasteiger partial charge in [-0.3, -0.25) is 0 Å². The molecule has 1 aromatic carbocycles. The first-order valence-electron chi connectivity index (χ1n) is 5.21. The normalized spacial score (nSPS) is 20.2. The summed E-state index contributed by atoms with van der Waals surface area (Å²) < 4.78 is 0. The number of aryl methyl sites for hydroxylation is 1. The molecule has 0 spiro atoms. The summed E-state index contributed by atoms with van der Waals surface area (Å²) in [6, 6.07) is 5.50. The van der Waals surface area contributed by atoms with Gasteiger partial charge in [0.05, 0.1) is 0 Å². The van der Waals surface area contributed by atoms with E-state index < -0.39 is 6.10 Å². The van der Waals surface area contributed by atoms with E-state index in [1.807, 2.05) is 12.1 Å². The Balaban J connectivity index is 2.51. The van der Waals surface area contributed by atoms with Crippen molar-refractivity contribution in [3.05, 3.63) is 58.3 Å². The lowest BCUT2D eigenvalue weighted by atomic mass is 10.0. The van der Waals surface area contributed by atoms with Gasteiger partial charge in [0.15, 0.2) is 0 Å². The Labute approximate surface area is 100 Å². The molecular formula is C13H14ClNO. The molecule has 1 atom stereocenters. The Morgan fingerprint density at radius 2 is 2.19 bits per heavy atom. The van der Waals surface area contributed by atoms with Crippen molar-refractivity contribution in [2.24, 2.45) is 5.73 Å². The lowest BCUT2D eigenvalue weighted by Crippen LogP contribution is -2.11. The van der Waals surface area contributed by atoms with Crippen molar-refractivity contribution in [1.82, 2.24) is 0 Å². The Kier molecular flexibility index (Phi) is 3.03. The van der Waals surface area contributed by atoms with E-state index in [0.29, 0.717) is 10.7 Å². The highest BCUT2D eigenvalue weighted by Crippen LogP contribution is 2.32. The van der Waals surface area contributed by atoms with E-state index in [0.717, 1.165) is 29.5 Å². The highest BCUT2D eigenvalue weighted by molar-refractivity contribution is 6.30. The van der Waals surface area contributed by atoms with Crippen molar-refractivity contribution in [2.75, 3.05) is 0 Å². The second kappa shape index (κ2) is 4.32. The number of halogens is 1. The first-order chi connectivity index (χ1) is 7.63. The third kappa shape index (κ3) is 1.86. The van der Waals surface area contributed by atoms with Crippen LogP contribution in [0.1, 0.15) is 23.7 Å². The van der Waals surface area contributed by atoms with E-state index >= 15 is 0 Å². The Hall–Kier alpha value is -1.25. The monoisotopic (exact) mass is 235 g/mol. The van der Waals surface area contributed by atoms with Crippen LogP contribution in [0.3, 0.4) is 0 Å². The van der Waals surface area contributed by atoms with E-state index in [2.05, 4.69) is 6.58 Å². The Morgan fingerprint density at radius 1 is 1.44 bits per heavy atom. The maximum Gasteiger partial charge on any atom is 0.119 e. The van der Waals surface area contributed by atoms with E-state index in [-0.39, 0.29) is 0 Å². The van der Waals surface area contributed by atoms with Crippen LogP contribution in [0, 0.1) is 0 Å². The molecule has 0 amide bonds. The predicted molar refractivity (Wildman–Crippen MR) is 66.1 cm³/mol. The quantitative estimate of drug-likeness (QED) is 0.786. The largest absolute Gasteiger partial charge is 0.399 e. The summed E-state index contributed by atoms with van der Waals surface area (Å²) >= 11 is 5.94. The zero-order valence-electron chi connectivity index (χ0n) is 8.91. The second-order valence-electron chi connectivity index (χ2n) is 3.93. The number of hydrogen-bond donors (Lipinski definition) is 2. The summed E-state index contributed by atoms with van der Waals surface area (Å²) in [5.41, 5.74) is 9.23. The molecule has 1 unspecified atom stereocenters. The number of fused-ring (bicyclic) bond motifs is 1. The molecule has 0 fully saturated rings. The van der Waals surface area contributed by atoms with Gasteiger partial charge in [0.2, 0.25) is 0 Å². The van der Waals surface area contributed by atoms with Crippen LogP contribution in [0.25, 0.3) is 0 Å². The van der Waals surface area contributed by atoms with Crippen molar-refractivity contribution in [3.8, 4) is 0 Å². The number of aliphatic hydroxyl groups excluding tert-OH is 1. The average molecular weight is 236 g/mol. The van der Waals surface area contributed by atoms with Gasteiger partial charge >= 0.3 is 0 Å². The van der Waals surface area contributed by atoms with Crippen LogP contribution in [0.5, 0.6) is 0 Å². The molecule has 3 heteroatoms. The van der Waals surface area contributed by atoms with Crippen molar-refractivity contribution in [2.45, 2.75) is 18.9 Å². The van der Waals surface area contributed by atoms with E-state index in [4.69, 9.17) is 17.3 Å². The van der Waals surface area contributed by atoms with Crippen LogP contribution in [0.2, 0.25) is 5.02 Å². The van der Waals surface area contributed by atoms with Crippen LogP contribution >= 0.6 is 11.6 Å². The number of benzene rings is 1. The summed E-state index contributed by atoms with van der Waals surface area (Å²) in [4.78, 5) is 0. The molecule has 3 N–H and O–H groups in total. The maximum absolute atomic E-state index is 10.1. The third-order valence-corrected chi connectivity index (χ3v) is 3.21. The minimum Gasteiger partial charge on any atom is -0.399 e. The van der Waals surface area contributed by atoms with Crippen molar-refractivity contribution >= 4 is 11.6 Å². The van der Waals surface area contributed by atoms with Gasteiger partial charge < -0.3 is 10.8 Å². The average Bonchev–Trinajstić information content (AvgIpc) is 2.38. The van der Waals surface area contributed by atoms with Gasteiger partial charge in [0, 0.05) is 10.7 Å². The molecule has 1 aliphatic carbocycles. The second-order valence-corrected chi connectivity index (χ2v) is 4.37. The molecular weight excluding hydrogens is 222 g/mol. The van der Waals surface area contributed by atoms with Gasteiger partial charge in [-0.15, -0.1) is 0 Å². The fourth-order valence-electron chi connectivity index (χ4n) is 2.03. The first-order valence-corrected chi connectivity index (χ1v) is 5.58. The van der Waals surface area contributed by atoms with Crippen LogP contribution < -0.4 is 5.73 Å². The summed E-state index contributed by atoms with van der Waals surface area (Å²) in [5.74, 6) is 0. The SMILES string of the molecule is C=CC1=C(N)C(O)c2ccc(Cl)cc2CC1. The van der Waals surface area contributed by atoms with E-state index in [1.54, 1.807) is 12.1 Å². The number of nitrogens with two attached hydrogens (primary N) is 1. The molecule has 0 aromatic heterocycles. The van der Waals surface area contributed by atoms with Crippen LogP contribution in [-0.4, -0.2) is 5.11 Å². The summed E-state index contributed by atoms with van der Waals surface area (Å²) in [5, 5.41) is 10.8. The first kappa shape index (κ1) is 11.2. The van der Waals surface area contributed by atoms with Crippen molar-refractivity contribution < 1.29 is 5.11 Å². The molecule has 1 aliphatic rings. The number of aliphatic hydroxyl groups is 1. The van der Waals surface area contributed by atoms with Gasteiger partial charge in [-0.05, 0) is 41.7 Å². The van der Waals surface area contributed by atoms with Crippen molar-refractivity contribution in [3.63, 3.8) is 0 Å².